The highest BCUT2D eigenvalue weighted by Gasteiger charge is 2.71. The van der Waals surface area contributed by atoms with Gasteiger partial charge >= 0.3 is 18.4 Å². The molecule has 3 aromatic rings. The van der Waals surface area contributed by atoms with Crippen molar-refractivity contribution in [2.24, 2.45) is 0 Å². The van der Waals surface area contributed by atoms with Crippen molar-refractivity contribution in [2.75, 3.05) is 13.1 Å². The predicted octanol–water partition coefficient (Wildman–Crippen LogP) is 6.23. The van der Waals surface area contributed by atoms with Crippen LogP contribution < -0.4 is 5.32 Å². The summed E-state index contributed by atoms with van der Waals surface area (Å²) in [5, 5.41) is 12.5. The van der Waals surface area contributed by atoms with Gasteiger partial charge in [-0.1, -0.05) is 66.7 Å². The fourth-order valence-corrected chi connectivity index (χ4v) is 4.70. The zero-order valence-electron chi connectivity index (χ0n) is 19.7. The Morgan fingerprint density at radius 3 is 1.74 bits per heavy atom. The molecule has 202 valence electrons. The molecule has 0 aliphatic carbocycles. The van der Waals surface area contributed by atoms with Crippen LogP contribution in [0.1, 0.15) is 34.1 Å². The highest BCUT2D eigenvalue weighted by molar-refractivity contribution is 5.75. The van der Waals surface area contributed by atoms with Crippen molar-refractivity contribution < 1.29 is 40.6 Å². The molecular weight excluding hydrogens is 517 g/mol. The molecule has 2 unspecified atom stereocenters. The summed E-state index contributed by atoms with van der Waals surface area (Å²) in [6, 6.07) is 17.6. The van der Waals surface area contributed by atoms with E-state index in [-0.39, 0.29) is 19.6 Å². The average molecular weight is 540 g/mol. The van der Waals surface area contributed by atoms with Gasteiger partial charge in [0, 0.05) is 37.0 Å². The van der Waals surface area contributed by atoms with E-state index in [0.29, 0.717) is 23.3 Å². The molecule has 1 saturated heterocycles. The van der Waals surface area contributed by atoms with E-state index in [1.165, 1.54) is 29.2 Å². The van der Waals surface area contributed by atoms with Gasteiger partial charge in [-0.3, -0.25) is 0 Å². The quantitative estimate of drug-likeness (QED) is 0.377. The lowest BCUT2D eigenvalue weighted by Gasteiger charge is -2.33. The predicted molar refractivity (Wildman–Crippen MR) is 125 cm³/mol. The van der Waals surface area contributed by atoms with Crippen LogP contribution >= 0.6 is 0 Å². The van der Waals surface area contributed by atoms with Crippen LogP contribution in [0.5, 0.6) is 0 Å². The minimum Gasteiger partial charge on any atom is -0.369 e. The smallest absolute Gasteiger partial charge is 0.369 e. The van der Waals surface area contributed by atoms with Gasteiger partial charge in [0.05, 0.1) is 0 Å². The first-order valence-corrected chi connectivity index (χ1v) is 11.6. The molecule has 0 aromatic heterocycles. The molecule has 4 rings (SSSR count). The minimum absolute atomic E-state index is 0.116. The number of urea groups is 1. The third kappa shape index (κ3) is 5.33. The lowest BCUT2D eigenvalue weighted by atomic mass is 9.82. The summed E-state index contributed by atoms with van der Waals surface area (Å²) < 4.78 is 93.2. The molecule has 1 fully saturated rings. The second kappa shape index (κ2) is 10.3. The lowest BCUT2D eigenvalue weighted by Crippen LogP contribution is -2.53. The highest BCUT2D eigenvalue weighted by atomic mass is 19.4. The summed E-state index contributed by atoms with van der Waals surface area (Å²) in [5.74, 6) is -1.40. The van der Waals surface area contributed by atoms with E-state index in [4.69, 9.17) is 0 Å². The van der Waals surface area contributed by atoms with Gasteiger partial charge in [0.25, 0.3) is 5.60 Å². The summed E-state index contributed by atoms with van der Waals surface area (Å²) >= 11 is 0. The monoisotopic (exact) mass is 540 g/mol. The van der Waals surface area contributed by atoms with Gasteiger partial charge in [-0.15, -0.1) is 0 Å². The van der Waals surface area contributed by atoms with Crippen molar-refractivity contribution in [1.29, 1.82) is 0 Å². The molecule has 0 radical (unpaired) electrons. The van der Waals surface area contributed by atoms with E-state index >= 15 is 0 Å². The Bertz CT molecular complexity index is 1230. The summed E-state index contributed by atoms with van der Waals surface area (Å²) in [6.07, 6.45) is -12.0. The lowest BCUT2D eigenvalue weighted by molar-refractivity contribution is -0.376. The molecule has 0 saturated carbocycles. The SMILES string of the molecule is O=C(NCc1ccccc1)N1CC(c2ccc(F)cc2)C(c2ccc(C(O)(C(F)(F)F)C(F)(F)F)cc2)C1. The minimum atomic E-state index is -6.00. The summed E-state index contributed by atoms with van der Waals surface area (Å²) in [6.45, 7) is 0.558. The van der Waals surface area contributed by atoms with Crippen LogP contribution in [0.25, 0.3) is 0 Å². The molecular formula is C27H23F7N2O2. The second-order valence-corrected chi connectivity index (χ2v) is 9.14. The number of nitrogens with one attached hydrogen (secondary N) is 1. The van der Waals surface area contributed by atoms with Crippen LogP contribution in [0, 0.1) is 5.82 Å². The van der Waals surface area contributed by atoms with E-state index in [9.17, 15) is 40.6 Å². The zero-order valence-corrected chi connectivity index (χ0v) is 19.7. The maximum absolute atomic E-state index is 13.5. The maximum Gasteiger partial charge on any atom is 0.430 e. The molecule has 0 bridgehead atoms. The first-order valence-electron chi connectivity index (χ1n) is 11.6. The molecule has 1 aliphatic heterocycles. The number of hydrogen-bond donors (Lipinski definition) is 2. The summed E-state index contributed by atoms with van der Waals surface area (Å²) in [7, 11) is 0. The normalized spacial score (nSPS) is 18.5. The molecule has 0 spiro atoms. The Hall–Kier alpha value is -3.60. The molecule has 2 amide bonds. The van der Waals surface area contributed by atoms with E-state index in [1.54, 1.807) is 0 Å². The number of benzene rings is 3. The van der Waals surface area contributed by atoms with E-state index in [0.717, 1.165) is 17.7 Å². The number of halogens is 7. The van der Waals surface area contributed by atoms with E-state index in [1.807, 2.05) is 30.3 Å². The van der Waals surface area contributed by atoms with Crippen molar-refractivity contribution in [3.63, 3.8) is 0 Å². The molecule has 3 aromatic carbocycles. The Labute approximate surface area is 213 Å². The molecule has 1 aliphatic rings. The number of rotatable bonds is 5. The Kier molecular flexibility index (Phi) is 7.42. The standard InChI is InChI=1S/C27H23F7N2O2/c28-21-12-8-19(9-13-21)23-16-36(24(37)35-14-17-4-2-1-3-5-17)15-22(23)18-6-10-20(11-7-18)25(38,26(29,30)31)27(32,33)34/h1-13,22-23,38H,14-16H2,(H,35,37). The third-order valence-electron chi connectivity index (χ3n) is 6.77. The van der Waals surface area contributed by atoms with Crippen molar-refractivity contribution in [3.8, 4) is 0 Å². The van der Waals surface area contributed by atoms with Crippen molar-refractivity contribution in [3.05, 3.63) is 107 Å². The highest BCUT2D eigenvalue weighted by Crippen LogP contribution is 2.50. The van der Waals surface area contributed by atoms with Crippen molar-refractivity contribution >= 4 is 6.03 Å². The molecule has 2 N–H and O–H groups in total. The first-order chi connectivity index (χ1) is 17.8. The maximum atomic E-state index is 13.5. The zero-order chi connectivity index (χ0) is 27.7. The number of hydrogen-bond acceptors (Lipinski definition) is 2. The van der Waals surface area contributed by atoms with Crippen molar-refractivity contribution in [1.82, 2.24) is 10.2 Å². The van der Waals surface area contributed by atoms with E-state index in [2.05, 4.69) is 5.32 Å². The second-order valence-electron chi connectivity index (χ2n) is 9.14. The van der Waals surface area contributed by atoms with Gasteiger partial charge in [0.15, 0.2) is 0 Å². The molecule has 2 atom stereocenters. The van der Waals surface area contributed by atoms with Crippen LogP contribution in [-0.2, 0) is 12.1 Å². The van der Waals surface area contributed by atoms with Crippen LogP contribution in [0.3, 0.4) is 0 Å². The number of nitrogens with zero attached hydrogens (tertiary/aromatic N) is 1. The molecule has 38 heavy (non-hydrogen) atoms. The number of carbonyl (C=O) groups excluding carboxylic acids is 1. The van der Waals surface area contributed by atoms with Gasteiger partial charge in [-0.25, -0.2) is 9.18 Å². The number of carbonyl (C=O) groups is 1. The number of likely N-dealkylation sites (tertiary alicyclic amines) is 1. The Morgan fingerprint density at radius 1 is 0.789 bits per heavy atom. The third-order valence-corrected chi connectivity index (χ3v) is 6.77. The van der Waals surface area contributed by atoms with Crippen LogP contribution in [0.15, 0.2) is 78.9 Å². The average Bonchev–Trinajstić information content (AvgIpc) is 3.32. The summed E-state index contributed by atoms with van der Waals surface area (Å²) in [5.41, 5.74) is -4.51. The number of aliphatic hydroxyl groups is 1. The topological polar surface area (TPSA) is 52.6 Å². The van der Waals surface area contributed by atoms with E-state index < -0.39 is 47.2 Å². The Balaban J connectivity index is 1.61. The fraction of sp³-hybridized carbons (Fsp3) is 0.296. The van der Waals surface area contributed by atoms with Gasteiger partial charge in [0.1, 0.15) is 5.82 Å². The van der Waals surface area contributed by atoms with Crippen LogP contribution in [0.4, 0.5) is 35.5 Å². The van der Waals surface area contributed by atoms with Gasteiger partial charge in [0.2, 0.25) is 0 Å². The van der Waals surface area contributed by atoms with Gasteiger partial charge in [-0.05, 0) is 28.8 Å². The van der Waals surface area contributed by atoms with Crippen molar-refractivity contribution in [2.45, 2.75) is 36.3 Å². The van der Waals surface area contributed by atoms with Gasteiger partial charge in [-0.2, -0.15) is 26.3 Å². The largest absolute Gasteiger partial charge is 0.430 e. The molecule has 4 nitrogen and oxygen atoms in total. The Morgan fingerprint density at radius 2 is 1.26 bits per heavy atom. The summed E-state index contributed by atoms with van der Waals surface area (Å²) in [4.78, 5) is 14.4. The van der Waals surface area contributed by atoms with Crippen LogP contribution in [0.2, 0.25) is 0 Å². The number of alkyl halides is 6. The molecule has 11 heteroatoms. The van der Waals surface area contributed by atoms with Gasteiger partial charge < -0.3 is 15.3 Å². The van der Waals surface area contributed by atoms with Crippen LogP contribution in [-0.4, -0.2) is 41.5 Å². The molecule has 1 heterocycles. The number of amides is 2. The first kappa shape index (κ1) is 27.4. The fourth-order valence-electron chi connectivity index (χ4n) is 4.70.